The number of rotatable bonds is 8. The van der Waals surface area contributed by atoms with E-state index in [0.717, 1.165) is 0 Å². The molecule has 0 spiro atoms. The van der Waals surface area contributed by atoms with Crippen molar-refractivity contribution in [3.8, 4) is 0 Å². The van der Waals surface area contributed by atoms with Crippen molar-refractivity contribution < 1.29 is 32.6 Å². The highest BCUT2D eigenvalue weighted by atomic mass is 19.4. The molecule has 0 aromatic heterocycles. The lowest BCUT2D eigenvalue weighted by Crippen LogP contribution is -2.35. The summed E-state index contributed by atoms with van der Waals surface area (Å²) in [6.45, 7) is 3.84. The van der Waals surface area contributed by atoms with Gasteiger partial charge >= 0.3 is 12.1 Å². The molecule has 0 aromatic rings. The topological polar surface area (TPSA) is 75.6 Å². The maximum atomic E-state index is 11.8. The van der Waals surface area contributed by atoms with Crippen LogP contribution in [-0.2, 0) is 14.3 Å². The molecule has 0 aliphatic rings. The fourth-order valence-electron chi connectivity index (χ4n) is 1.66. The van der Waals surface area contributed by atoms with Crippen LogP contribution < -0.4 is 5.32 Å². The second kappa shape index (κ2) is 8.21. The number of nitrogens with one attached hydrogen (secondary N) is 1. The Morgan fingerprint density at radius 2 is 1.81 bits per heavy atom. The van der Waals surface area contributed by atoms with Gasteiger partial charge in [0.05, 0.1) is 12.5 Å². The molecular formula is C13H22F3NO4. The zero-order chi connectivity index (χ0) is 16.7. The van der Waals surface area contributed by atoms with E-state index in [9.17, 15) is 22.8 Å². The van der Waals surface area contributed by atoms with Crippen LogP contribution in [0.3, 0.4) is 0 Å². The monoisotopic (exact) mass is 313 g/mol. The van der Waals surface area contributed by atoms with E-state index in [1.807, 2.05) is 20.8 Å². The zero-order valence-corrected chi connectivity index (χ0v) is 12.4. The van der Waals surface area contributed by atoms with E-state index in [1.54, 1.807) is 0 Å². The van der Waals surface area contributed by atoms with Crippen LogP contribution in [0.2, 0.25) is 0 Å². The molecule has 1 atom stereocenters. The van der Waals surface area contributed by atoms with Gasteiger partial charge in [-0.1, -0.05) is 20.8 Å². The van der Waals surface area contributed by atoms with Gasteiger partial charge in [-0.25, -0.2) is 0 Å². The van der Waals surface area contributed by atoms with E-state index >= 15 is 0 Å². The SMILES string of the molecule is CC(C)(C)CC(CNC(=O)CCOCC(F)(F)F)C(=O)O. The first kappa shape index (κ1) is 19.7. The second-order valence-electron chi connectivity index (χ2n) is 6.02. The van der Waals surface area contributed by atoms with Gasteiger partial charge in [0.2, 0.25) is 5.91 Å². The zero-order valence-electron chi connectivity index (χ0n) is 12.4. The molecule has 0 fully saturated rings. The minimum atomic E-state index is -4.42. The lowest BCUT2D eigenvalue weighted by molar-refractivity contribution is -0.174. The average molecular weight is 313 g/mol. The number of carbonyl (C=O) groups is 2. The van der Waals surface area contributed by atoms with Gasteiger partial charge in [0.25, 0.3) is 0 Å². The van der Waals surface area contributed by atoms with Gasteiger partial charge in [-0.3, -0.25) is 9.59 Å². The third-order valence-corrected chi connectivity index (χ3v) is 2.49. The first-order chi connectivity index (χ1) is 9.41. The number of ether oxygens (including phenoxy) is 1. The van der Waals surface area contributed by atoms with Crippen LogP contribution in [-0.4, -0.2) is 42.9 Å². The summed E-state index contributed by atoms with van der Waals surface area (Å²) < 4.78 is 39.7. The van der Waals surface area contributed by atoms with E-state index in [4.69, 9.17) is 5.11 Å². The normalized spacial score (nSPS) is 13.8. The number of halogens is 3. The summed E-state index contributed by atoms with van der Waals surface area (Å²) in [5.41, 5.74) is -0.205. The van der Waals surface area contributed by atoms with Gasteiger partial charge < -0.3 is 15.2 Å². The number of hydrogen-bond acceptors (Lipinski definition) is 3. The third-order valence-electron chi connectivity index (χ3n) is 2.49. The number of alkyl halides is 3. The van der Waals surface area contributed by atoms with Crippen molar-refractivity contribution in [2.24, 2.45) is 11.3 Å². The molecule has 0 heterocycles. The van der Waals surface area contributed by atoms with Crippen molar-refractivity contribution in [2.75, 3.05) is 19.8 Å². The summed E-state index contributed by atoms with van der Waals surface area (Å²) in [6, 6.07) is 0. The lowest BCUT2D eigenvalue weighted by Gasteiger charge is -2.23. The summed E-state index contributed by atoms with van der Waals surface area (Å²) in [5.74, 6) is -2.28. The highest BCUT2D eigenvalue weighted by molar-refractivity contribution is 5.77. The Labute approximate surface area is 121 Å². The number of hydrogen-bond donors (Lipinski definition) is 2. The fraction of sp³-hybridized carbons (Fsp3) is 0.846. The first-order valence-corrected chi connectivity index (χ1v) is 6.55. The van der Waals surface area contributed by atoms with Gasteiger partial charge in [-0.15, -0.1) is 0 Å². The van der Waals surface area contributed by atoms with Crippen molar-refractivity contribution in [2.45, 2.75) is 39.8 Å². The molecule has 21 heavy (non-hydrogen) atoms. The Bertz CT molecular complexity index is 350. The van der Waals surface area contributed by atoms with Crippen LogP contribution in [0.5, 0.6) is 0 Å². The predicted molar refractivity (Wildman–Crippen MR) is 69.7 cm³/mol. The number of aliphatic carboxylic acids is 1. The van der Waals surface area contributed by atoms with Crippen LogP contribution in [0, 0.1) is 11.3 Å². The molecule has 1 unspecified atom stereocenters. The summed E-state index contributed by atoms with van der Waals surface area (Å²) in [4.78, 5) is 22.5. The Morgan fingerprint density at radius 1 is 1.24 bits per heavy atom. The molecule has 0 saturated carbocycles. The standard InChI is InChI=1S/C13H22F3NO4/c1-12(2,3)6-9(11(19)20)7-17-10(18)4-5-21-8-13(14,15)16/h9H,4-8H2,1-3H3,(H,17,18)(H,19,20). The Morgan fingerprint density at radius 3 is 2.24 bits per heavy atom. The van der Waals surface area contributed by atoms with Crippen LogP contribution >= 0.6 is 0 Å². The van der Waals surface area contributed by atoms with Crippen molar-refractivity contribution in [3.05, 3.63) is 0 Å². The van der Waals surface area contributed by atoms with E-state index in [1.165, 1.54) is 0 Å². The number of carbonyl (C=O) groups excluding carboxylic acids is 1. The molecule has 2 N–H and O–H groups in total. The molecule has 8 heteroatoms. The summed E-state index contributed by atoms with van der Waals surface area (Å²) in [6.07, 6.45) is -4.28. The molecular weight excluding hydrogens is 291 g/mol. The maximum Gasteiger partial charge on any atom is 0.411 e. The number of carboxylic acids is 1. The van der Waals surface area contributed by atoms with Crippen LogP contribution in [0.1, 0.15) is 33.6 Å². The van der Waals surface area contributed by atoms with Crippen molar-refractivity contribution >= 4 is 11.9 Å². The third kappa shape index (κ3) is 12.2. The largest absolute Gasteiger partial charge is 0.481 e. The number of amides is 1. The summed E-state index contributed by atoms with van der Waals surface area (Å²) in [5, 5.41) is 11.5. The maximum absolute atomic E-state index is 11.8. The smallest absolute Gasteiger partial charge is 0.411 e. The molecule has 0 radical (unpaired) electrons. The van der Waals surface area contributed by atoms with Crippen LogP contribution in [0.4, 0.5) is 13.2 Å². The van der Waals surface area contributed by atoms with Gasteiger partial charge in [-0.05, 0) is 11.8 Å². The molecule has 0 bridgehead atoms. The minimum absolute atomic E-state index is 0.0509. The summed E-state index contributed by atoms with van der Waals surface area (Å²) in [7, 11) is 0. The summed E-state index contributed by atoms with van der Waals surface area (Å²) >= 11 is 0. The molecule has 0 aliphatic heterocycles. The molecule has 1 amide bonds. The van der Waals surface area contributed by atoms with Gasteiger partial charge in [-0.2, -0.15) is 13.2 Å². The molecule has 0 aromatic carbocycles. The average Bonchev–Trinajstić information content (AvgIpc) is 2.27. The van der Waals surface area contributed by atoms with E-state index < -0.39 is 30.6 Å². The fourth-order valence-corrected chi connectivity index (χ4v) is 1.66. The Hall–Kier alpha value is -1.31. The lowest BCUT2D eigenvalue weighted by atomic mass is 9.84. The predicted octanol–water partition coefficient (Wildman–Crippen LogP) is 2.21. The van der Waals surface area contributed by atoms with Crippen molar-refractivity contribution in [3.63, 3.8) is 0 Å². The second-order valence-corrected chi connectivity index (χ2v) is 6.02. The van der Waals surface area contributed by atoms with Gasteiger partial charge in [0.15, 0.2) is 0 Å². The van der Waals surface area contributed by atoms with E-state index in [0.29, 0.717) is 6.42 Å². The first-order valence-electron chi connectivity index (χ1n) is 6.55. The molecule has 0 saturated heterocycles. The van der Waals surface area contributed by atoms with E-state index in [-0.39, 0.29) is 25.0 Å². The molecule has 0 aliphatic carbocycles. The van der Waals surface area contributed by atoms with Crippen molar-refractivity contribution in [1.82, 2.24) is 5.32 Å². The van der Waals surface area contributed by atoms with Crippen LogP contribution in [0.15, 0.2) is 0 Å². The van der Waals surface area contributed by atoms with Gasteiger partial charge in [0, 0.05) is 13.0 Å². The number of carboxylic acid groups (broad SMARTS) is 1. The quantitative estimate of drug-likeness (QED) is 0.674. The Balaban J connectivity index is 4.01. The van der Waals surface area contributed by atoms with Crippen molar-refractivity contribution in [1.29, 1.82) is 0 Å². The minimum Gasteiger partial charge on any atom is -0.481 e. The van der Waals surface area contributed by atoms with Crippen LogP contribution in [0.25, 0.3) is 0 Å². The molecule has 0 rings (SSSR count). The highest BCUT2D eigenvalue weighted by Crippen LogP contribution is 2.24. The van der Waals surface area contributed by atoms with E-state index in [2.05, 4.69) is 10.1 Å². The van der Waals surface area contributed by atoms with Gasteiger partial charge in [0.1, 0.15) is 6.61 Å². The Kier molecular flexibility index (Phi) is 7.70. The highest BCUT2D eigenvalue weighted by Gasteiger charge is 2.27. The molecule has 5 nitrogen and oxygen atoms in total. The molecule has 124 valence electrons.